The molecule has 0 saturated carbocycles. The van der Waals surface area contributed by atoms with Crippen molar-refractivity contribution in [3.05, 3.63) is 56.2 Å². The van der Waals surface area contributed by atoms with Gasteiger partial charge in [0.25, 0.3) is 11.5 Å². The Morgan fingerprint density at radius 3 is 2.69 bits per heavy atom. The maximum absolute atomic E-state index is 13.2. The number of carbonyl (C=O) groups excluding carboxylic acids is 1. The van der Waals surface area contributed by atoms with Gasteiger partial charge in [0.2, 0.25) is 0 Å². The SMILES string of the molecule is CCCn1c(SCc2ccc(C(=O)N(C)C)cc2)nc2sc3c(c2c1=O)CCC3. The van der Waals surface area contributed by atoms with Crippen LogP contribution in [0, 0.1) is 0 Å². The molecule has 7 heteroatoms. The Morgan fingerprint density at radius 2 is 2.00 bits per heavy atom. The number of thiophene rings is 1. The van der Waals surface area contributed by atoms with E-state index in [4.69, 9.17) is 4.98 Å². The predicted molar refractivity (Wildman–Crippen MR) is 120 cm³/mol. The van der Waals surface area contributed by atoms with E-state index in [0.717, 1.165) is 46.6 Å². The monoisotopic (exact) mass is 427 g/mol. The summed E-state index contributed by atoms with van der Waals surface area (Å²) in [5.41, 5.74) is 3.14. The number of hydrogen-bond donors (Lipinski definition) is 0. The van der Waals surface area contributed by atoms with Crippen LogP contribution in [0.2, 0.25) is 0 Å². The van der Waals surface area contributed by atoms with Crippen LogP contribution in [0.3, 0.4) is 0 Å². The molecular weight excluding hydrogens is 402 g/mol. The Labute approximate surface area is 178 Å². The second-order valence-corrected chi connectivity index (χ2v) is 9.60. The van der Waals surface area contributed by atoms with Crippen molar-refractivity contribution in [2.75, 3.05) is 14.1 Å². The summed E-state index contributed by atoms with van der Waals surface area (Å²) in [4.78, 5) is 34.0. The number of rotatable bonds is 6. The molecule has 152 valence electrons. The first kappa shape index (κ1) is 20.2. The molecule has 2 heterocycles. The predicted octanol–water partition coefficient (Wildman–Crippen LogP) is 4.35. The zero-order chi connectivity index (χ0) is 20.5. The molecule has 0 spiro atoms. The van der Waals surface area contributed by atoms with Gasteiger partial charge in [-0.05, 0) is 48.9 Å². The molecule has 5 nitrogen and oxygen atoms in total. The van der Waals surface area contributed by atoms with Gasteiger partial charge < -0.3 is 4.90 Å². The molecule has 0 unspecified atom stereocenters. The van der Waals surface area contributed by atoms with Crippen LogP contribution in [0.5, 0.6) is 0 Å². The molecule has 0 saturated heterocycles. The van der Waals surface area contributed by atoms with Crippen molar-refractivity contribution < 1.29 is 4.79 Å². The number of aryl methyl sites for hydroxylation is 2. The highest BCUT2D eigenvalue weighted by atomic mass is 32.2. The molecule has 0 N–H and O–H groups in total. The number of fused-ring (bicyclic) bond motifs is 3. The Morgan fingerprint density at radius 1 is 1.24 bits per heavy atom. The summed E-state index contributed by atoms with van der Waals surface area (Å²) in [5, 5.41) is 1.64. The summed E-state index contributed by atoms with van der Waals surface area (Å²) in [6.07, 6.45) is 4.12. The third-order valence-electron chi connectivity index (χ3n) is 5.21. The molecule has 3 aromatic rings. The number of aromatic nitrogens is 2. The third kappa shape index (κ3) is 3.85. The standard InChI is InChI=1S/C22H25N3O2S2/c1-4-12-25-21(27)18-16-6-5-7-17(16)29-19(18)23-22(25)28-13-14-8-10-15(11-9-14)20(26)24(2)3/h8-11H,4-7,12-13H2,1-3H3. The van der Waals surface area contributed by atoms with Crippen LogP contribution in [0.1, 0.15) is 46.1 Å². The zero-order valence-electron chi connectivity index (χ0n) is 17.0. The van der Waals surface area contributed by atoms with Crippen LogP contribution in [0.4, 0.5) is 0 Å². The summed E-state index contributed by atoms with van der Waals surface area (Å²) in [7, 11) is 3.50. The first-order chi connectivity index (χ1) is 14.0. The first-order valence-electron chi connectivity index (χ1n) is 9.98. The number of nitrogens with zero attached hydrogens (tertiary/aromatic N) is 3. The summed E-state index contributed by atoms with van der Waals surface area (Å²) < 4.78 is 1.85. The first-order valence-corrected chi connectivity index (χ1v) is 11.8. The fourth-order valence-corrected chi connectivity index (χ4v) is 6.02. The highest BCUT2D eigenvalue weighted by Crippen LogP contribution is 2.36. The van der Waals surface area contributed by atoms with Gasteiger partial charge in [-0.25, -0.2) is 4.98 Å². The molecular formula is C22H25N3O2S2. The van der Waals surface area contributed by atoms with Crippen LogP contribution < -0.4 is 5.56 Å². The smallest absolute Gasteiger partial charge is 0.263 e. The molecule has 0 radical (unpaired) electrons. The lowest BCUT2D eigenvalue weighted by Crippen LogP contribution is -2.23. The fraction of sp³-hybridized carbons (Fsp3) is 0.409. The minimum atomic E-state index is -0.00107. The van der Waals surface area contributed by atoms with E-state index in [-0.39, 0.29) is 11.5 Å². The van der Waals surface area contributed by atoms with Gasteiger partial charge >= 0.3 is 0 Å². The van der Waals surface area contributed by atoms with E-state index in [0.29, 0.717) is 17.9 Å². The highest BCUT2D eigenvalue weighted by Gasteiger charge is 2.23. The molecule has 1 amide bonds. The van der Waals surface area contributed by atoms with Crippen molar-refractivity contribution in [3.8, 4) is 0 Å². The molecule has 1 aliphatic carbocycles. The fourth-order valence-electron chi connectivity index (χ4n) is 3.74. The molecule has 4 rings (SSSR count). The van der Waals surface area contributed by atoms with E-state index < -0.39 is 0 Å². The van der Waals surface area contributed by atoms with Crippen LogP contribution in [0.25, 0.3) is 10.2 Å². The van der Waals surface area contributed by atoms with E-state index in [1.54, 1.807) is 42.1 Å². The number of benzene rings is 1. The second kappa shape index (κ2) is 8.32. The van der Waals surface area contributed by atoms with Gasteiger partial charge in [-0.15, -0.1) is 11.3 Å². The maximum atomic E-state index is 13.2. The van der Waals surface area contributed by atoms with Gasteiger partial charge in [-0.2, -0.15) is 0 Å². The largest absolute Gasteiger partial charge is 0.345 e. The lowest BCUT2D eigenvalue weighted by atomic mass is 10.1. The molecule has 0 aliphatic heterocycles. The lowest BCUT2D eigenvalue weighted by Gasteiger charge is -2.12. The van der Waals surface area contributed by atoms with Crippen LogP contribution >= 0.6 is 23.1 Å². The molecule has 0 bridgehead atoms. The second-order valence-electron chi connectivity index (χ2n) is 7.57. The molecule has 0 fully saturated rings. The van der Waals surface area contributed by atoms with Crippen molar-refractivity contribution in [3.63, 3.8) is 0 Å². The number of thioether (sulfide) groups is 1. The number of carbonyl (C=O) groups is 1. The summed E-state index contributed by atoms with van der Waals surface area (Å²) >= 11 is 3.28. The van der Waals surface area contributed by atoms with Gasteiger partial charge in [0.15, 0.2) is 5.16 Å². The molecule has 1 aromatic carbocycles. The van der Waals surface area contributed by atoms with Crippen LogP contribution in [-0.4, -0.2) is 34.5 Å². The molecule has 2 aromatic heterocycles. The van der Waals surface area contributed by atoms with Gasteiger partial charge in [-0.1, -0.05) is 30.8 Å². The number of hydrogen-bond acceptors (Lipinski definition) is 5. The Bertz CT molecular complexity index is 1110. The molecule has 0 atom stereocenters. The third-order valence-corrected chi connectivity index (χ3v) is 7.45. The van der Waals surface area contributed by atoms with Gasteiger partial charge in [0, 0.05) is 36.8 Å². The van der Waals surface area contributed by atoms with Crippen molar-refractivity contribution >= 4 is 39.2 Å². The summed E-state index contributed by atoms with van der Waals surface area (Å²) in [6, 6.07) is 7.67. The van der Waals surface area contributed by atoms with E-state index in [9.17, 15) is 9.59 Å². The Hall–Kier alpha value is -2.12. The van der Waals surface area contributed by atoms with Crippen LogP contribution in [0.15, 0.2) is 34.2 Å². The Kier molecular flexibility index (Phi) is 5.79. The highest BCUT2D eigenvalue weighted by molar-refractivity contribution is 7.98. The maximum Gasteiger partial charge on any atom is 0.263 e. The normalized spacial score (nSPS) is 13.1. The van der Waals surface area contributed by atoms with Crippen molar-refractivity contribution in [2.24, 2.45) is 0 Å². The van der Waals surface area contributed by atoms with Crippen LogP contribution in [-0.2, 0) is 25.1 Å². The molecule has 29 heavy (non-hydrogen) atoms. The van der Waals surface area contributed by atoms with Gasteiger partial charge in [0.1, 0.15) is 4.83 Å². The van der Waals surface area contributed by atoms with Gasteiger partial charge in [0.05, 0.1) is 5.39 Å². The quantitative estimate of drug-likeness (QED) is 0.433. The molecule has 1 aliphatic rings. The van der Waals surface area contributed by atoms with E-state index >= 15 is 0 Å². The van der Waals surface area contributed by atoms with Crippen molar-refractivity contribution in [1.82, 2.24) is 14.5 Å². The minimum Gasteiger partial charge on any atom is -0.345 e. The van der Waals surface area contributed by atoms with Gasteiger partial charge in [-0.3, -0.25) is 14.2 Å². The Balaban J connectivity index is 1.61. The van der Waals surface area contributed by atoms with Crippen molar-refractivity contribution in [2.45, 2.75) is 50.1 Å². The summed E-state index contributed by atoms with van der Waals surface area (Å²) in [6.45, 7) is 2.77. The van der Waals surface area contributed by atoms with E-state index in [1.165, 1.54) is 10.4 Å². The summed E-state index contributed by atoms with van der Waals surface area (Å²) in [5.74, 6) is 0.710. The lowest BCUT2D eigenvalue weighted by molar-refractivity contribution is 0.0827. The van der Waals surface area contributed by atoms with Crippen molar-refractivity contribution in [1.29, 1.82) is 0 Å². The van der Waals surface area contributed by atoms with E-state index in [2.05, 4.69) is 6.92 Å². The topological polar surface area (TPSA) is 55.2 Å². The minimum absolute atomic E-state index is 0.00107. The van der Waals surface area contributed by atoms with E-state index in [1.807, 2.05) is 28.8 Å². The average molecular weight is 428 g/mol. The zero-order valence-corrected chi connectivity index (χ0v) is 18.7. The average Bonchev–Trinajstić information content (AvgIpc) is 3.29. The number of amides is 1.